The zero-order valence-corrected chi connectivity index (χ0v) is 25.0. The van der Waals surface area contributed by atoms with Gasteiger partial charge < -0.3 is 19.1 Å². The van der Waals surface area contributed by atoms with Crippen LogP contribution in [0.1, 0.15) is 0 Å². The van der Waals surface area contributed by atoms with E-state index < -0.39 is 16.1 Å². The van der Waals surface area contributed by atoms with Gasteiger partial charge in [0.1, 0.15) is 25.0 Å². The number of hydrogen-bond acceptors (Lipinski definition) is 7. The molecule has 0 spiro atoms. The summed E-state index contributed by atoms with van der Waals surface area (Å²) in [4.78, 5) is 7.91. The van der Waals surface area contributed by atoms with Gasteiger partial charge in [0, 0.05) is 46.4 Å². The largest absolute Gasteiger partial charge is 0.439 e. The van der Waals surface area contributed by atoms with Gasteiger partial charge in [0.25, 0.3) is 0 Å². The molecule has 2 heterocycles. The quantitative estimate of drug-likeness (QED) is 0.0994. The fourth-order valence-electron chi connectivity index (χ4n) is 3.19. The molecule has 0 aliphatic heterocycles. The molecule has 1 aromatic carbocycles. The number of nitrogens with zero attached hydrogens (tertiary/aromatic N) is 4. The van der Waals surface area contributed by atoms with E-state index in [-0.39, 0.29) is 0 Å². The summed E-state index contributed by atoms with van der Waals surface area (Å²) < 4.78 is 20.2. The molecule has 0 amide bonds. The van der Waals surface area contributed by atoms with E-state index >= 15 is 0 Å². The number of thioether (sulfide) groups is 1. The smallest absolute Gasteiger partial charge is 0.224 e. The van der Waals surface area contributed by atoms with Gasteiger partial charge in [0.2, 0.25) is 5.88 Å². The molecule has 0 saturated heterocycles. The molecule has 3 rings (SSSR count). The summed E-state index contributed by atoms with van der Waals surface area (Å²) in [5, 5.41) is 4.50. The monoisotopic (exact) mass is 532 g/mol. The van der Waals surface area contributed by atoms with E-state index in [1.807, 2.05) is 40.9 Å². The minimum Gasteiger partial charge on any atom is -0.439 e. The number of ether oxygens (including phenoxy) is 3. The van der Waals surface area contributed by atoms with Gasteiger partial charge in [-0.1, -0.05) is 39.3 Å². The molecule has 0 aliphatic carbocycles. The highest BCUT2D eigenvalue weighted by Crippen LogP contribution is 2.27. The van der Waals surface area contributed by atoms with Gasteiger partial charge in [-0.15, -0.1) is 11.8 Å². The Bertz CT molecular complexity index is 1040. The Morgan fingerprint density at radius 1 is 0.886 bits per heavy atom. The van der Waals surface area contributed by atoms with Crippen molar-refractivity contribution in [3.8, 4) is 11.6 Å². The van der Waals surface area contributed by atoms with Crippen molar-refractivity contribution in [2.45, 2.75) is 56.3 Å². The third-order valence-corrected chi connectivity index (χ3v) is 9.56. The predicted octanol–water partition coefficient (Wildman–Crippen LogP) is 6.67. The van der Waals surface area contributed by atoms with Crippen molar-refractivity contribution < 1.29 is 14.2 Å². The number of hydrogen-bond donors (Lipinski definition) is 0. The summed E-state index contributed by atoms with van der Waals surface area (Å²) in [7, 11) is -2.34. The summed E-state index contributed by atoms with van der Waals surface area (Å²) in [6.45, 7) is 16.5. The maximum atomic E-state index is 6.13. The summed E-state index contributed by atoms with van der Waals surface area (Å²) in [6.07, 6.45) is 3.81. The van der Waals surface area contributed by atoms with Gasteiger partial charge in [0.05, 0.1) is 6.20 Å². The van der Waals surface area contributed by atoms with E-state index in [4.69, 9.17) is 14.2 Å². The fraction of sp³-hybridized carbons (Fsp3) is 0.520. The van der Waals surface area contributed by atoms with E-state index in [1.165, 1.54) is 4.90 Å². The van der Waals surface area contributed by atoms with Crippen LogP contribution in [0.25, 0.3) is 5.65 Å². The van der Waals surface area contributed by atoms with Crippen LogP contribution in [0.2, 0.25) is 51.4 Å². The van der Waals surface area contributed by atoms with Crippen molar-refractivity contribution in [3.05, 3.63) is 42.6 Å². The molecule has 0 saturated carbocycles. The normalized spacial score (nSPS) is 12.3. The van der Waals surface area contributed by atoms with Crippen LogP contribution in [0.4, 0.5) is 5.82 Å². The first kappa shape index (κ1) is 27.7. The third kappa shape index (κ3) is 9.27. The van der Waals surface area contributed by atoms with Crippen LogP contribution < -0.4 is 9.64 Å². The van der Waals surface area contributed by atoms with Crippen molar-refractivity contribution in [1.29, 1.82) is 0 Å². The van der Waals surface area contributed by atoms with E-state index in [2.05, 4.69) is 60.5 Å². The van der Waals surface area contributed by atoms with Crippen molar-refractivity contribution in [1.82, 2.24) is 14.6 Å². The van der Waals surface area contributed by atoms with Gasteiger partial charge in [0.15, 0.2) is 5.65 Å². The molecule has 0 radical (unpaired) electrons. The zero-order chi connectivity index (χ0) is 25.5. The molecule has 10 heteroatoms. The highest BCUT2D eigenvalue weighted by atomic mass is 32.2. The Morgan fingerprint density at radius 3 is 2.03 bits per heavy atom. The predicted molar refractivity (Wildman–Crippen MR) is 152 cm³/mol. The standard InChI is InChI=1S/C25H40N4O3SSi2/c1-33-22-10-8-21(9-11-22)32-24-18-25(29-23(27-24)12-13-26-29)28(19-30-14-16-34(2,3)4)20-31-15-17-35(5,6)7/h8-13,18H,14-17,19-20H2,1-7H3. The molecule has 3 aromatic rings. The molecule has 7 nitrogen and oxygen atoms in total. The molecular weight excluding hydrogens is 493 g/mol. The minimum atomic E-state index is -1.17. The van der Waals surface area contributed by atoms with Crippen molar-refractivity contribution >= 4 is 39.4 Å². The molecule has 0 atom stereocenters. The molecule has 192 valence electrons. The molecule has 0 unspecified atom stereocenters. The Balaban J connectivity index is 1.81. The molecule has 35 heavy (non-hydrogen) atoms. The van der Waals surface area contributed by atoms with Crippen molar-refractivity contribution in [3.63, 3.8) is 0 Å². The van der Waals surface area contributed by atoms with Gasteiger partial charge in [-0.3, -0.25) is 0 Å². The lowest BCUT2D eigenvalue weighted by Gasteiger charge is -2.26. The first-order valence-electron chi connectivity index (χ1n) is 12.1. The first-order chi connectivity index (χ1) is 16.5. The van der Waals surface area contributed by atoms with Gasteiger partial charge in [-0.25, -0.2) is 0 Å². The molecule has 2 aromatic heterocycles. The second-order valence-electron chi connectivity index (χ2n) is 11.1. The van der Waals surface area contributed by atoms with Crippen LogP contribution in [0.15, 0.2) is 47.5 Å². The molecule has 0 N–H and O–H groups in total. The van der Waals surface area contributed by atoms with E-state index in [9.17, 15) is 0 Å². The second kappa shape index (κ2) is 12.4. The number of aromatic nitrogens is 3. The van der Waals surface area contributed by atoms with Crippen LogP contribution in [0.5, 0.6) is 11.6 Å². The van der Waals surface area contributed by atoms with Crippen LogP contribution in [-0.4, -0.2) is 63.7 Å². The van der Waals surface area contributed by atoms with E-state index in [0.29, 0.717) is 25.0 Å². The number of anilines is 1. The van der Waals surface area contributed by atoms with Gasteiger partial charge in [-0.2, -0.15) is 14.6 Å². The van der Waals surface area contributed by atoms with Gasteiger partial charge >= 0.3 is 0 Å². The van der Waals surface area contributed by atoms with E-state index in [1.54, 1.807) is 18.0 Å². The van der Waals surface area contributed by atoms with Crippen LogP contribution in [0.3, 0.4) is 0 Å². The average molecular weight is 533 g/mol. The highest BCUT2D eigenvalue weighted by molar-refractivity contribution is 7.98. The maximum absolute atomic E-state index is 6.13. The Morgan fingerprint density at radius 2 is 1.49 bits per heavy atom. The van der Waals surface area contributed by atoms with Crippen LogP contribution >= 0.6 is 11.8 Å². The summed E-state index contributed by atoms with van der Waals surface area (Å²) in [5.74, 6) is 2.09. The van der Waals surface area contributed by atoms with Gasteiger partial charge in [-0.05, 0) is 42.6 Å². The maximum Gasteiger partial charge on any atom is 0.224 e. The van der Waals surface area contributed by atoms with Crippen LogP contribution in [-0.2, 0) is 9.47 Å². The van der Waals surface area contributed by atoms with Crippen molar-refractivity contribution in [2.75, 3.05) is 37.8 Å². The van der Waals surface area contributed by atoms with E-state index in [0.717, 1.165) is 36.9 Å². The Labute approximate surface area is 216 Å². The Kier molecular flexibility index (Phi) is 9.82. The third-order valence-electron chi connectivity index (χ3n) is 5.41. The average Bonchev–Trinajstić information content (AvgIpc) is 3.25. The SMILES string of the molecule is CSc1ccc(Oc2cc(N(COCC[Si](C)(C)C)COCC[Si](C)(C)C)n3nccc3n2)cc1. The van der Waals surface area contributed by atoms with Crippen LogP contribution in [0, 0.1) is 0 Å². The summed E-state index contributed by atoms with van der Waals surface area (Å²) in [5.41, 5.74) is 0.715. The lowest BCUT2D eigenvalue weighted by molar-refractivity contribution is 0.0942. The number of fused-ring (bicyclic) bond motifs is 1. The highest BCUT2D eigenvalue weighted by Gasteiger charge is 2.18. The number of rotatable bonds is 14. The lowest BCUT2D eigenvalue weighted by Crippen LogP contribution is -2.33. The number of benzene rings is 1. The second-order valence-corrected chi connectivity index (χ2v) is 23.2. The topological polar surface area (TPSA) is 61.1 Å². The fourth-order valence-corrected chi connectivity index (χ4v) is 5.11. The minimum absolute atomic E-state index is 0.415. The summed E-state index contributed by atoms with van der Waals surface area (Å²) >= 11 is 1.70. The molecule has 0 aliphatic rings. The lowest BCUT2D eigenvalue weighted by atomic mass is 10.3. The Hall–Kier alpha value is -1.86. The molecule has 0 bridgehead atoms. The molecule has 0 fully saturated rings. The van der Waals surface area contributed by atoms with Crippen molar-refractivity contribution in [2.24, 2.45) is 0 Å². The zero-order valence-electron chi connectivity index (χ0n) is 22.2. The first-order valence-corrected chi connectivity index (χ1v) is 20.8. The summed E-state index contributed by atoms with van der Waals surface area (Å²) in [6, 6.07) is 14.0. The molecular formula is C25H40N4O3SSi2.